The van der Waals surface area contributed by atoms with Crippen LogP contribution >= 0.6 is 0 Å². The monoisotopic (exact) mass is 425 g/mol. The summed E-state index contributed by atoms with van der Waals surface area (Å²) in [5.74, 6) is 2.13. The van der Waals surface area contributed by atoms with Crippen LogP contribution in [-0.4, -0.2) is 64.0 Å². The zero-order chi connectivity index (χ0) is 21.4. The van der Waals surface area contributed by atoms with E-state index in [1.807, 2.05) is 11.0 Å². The third kappa shape index (κ3) is 3.97. The number of piperidine rings is 1. The molecule has 10 nitrogen and oxygen atoms in total. The van der Waals surface area contributed by atoms with Crippen molar-refractivity contribution in [2.75, 3.05) is 26.4 Å². The maximum atomic E-state index is 12.7. The Balaban J connectivity index is 1.32. The van der Waals surface area contributed by atoms with E-state index >= 15 is 0 Å². The highest BCUT2D eigenvalue weighted by Crippen LogP contribution is 2.35. The zero-order valence-corrected chi connectivity index (χ0v) is 17.2. The number of hydrazone groups is 1. The van der Waals surface area contributed by atoms with Gasteiger partial charge >= 0.3 is 0 Å². The number of likely N-dealkylation sites (tertiary alicyclic amines) is 1. The smallest absolute Gasteiger partial charge is 0.274 e. The van der Waals surface area contributed by atoms with Gasteiger partial charge in [-0.15, -0.1) is 0 Å². The summed E-state index contributed by atoms with van der Waals surface area (Å²) in [6, 6.07) is 5.39. The number of aromatic nitrogens is 2. The van der Waals surface area contributed by atoms with E-state index in [-0.39, 0.29) is 37.5 Å². The molecule has 0 radical (unpaired) electrons. The Labute approximate surface area is 178 Å². The summed E-state index contributed by atoms with van der Waals surface area (Å²) >= 11 is 0. The fourth-order valence-electron chi connectivity index (χ4n) is 4.02. The summed E-state index contributed by atoms with van der Waals surface area (Å²) in [5, 5.41) is 9.62. The standard InChI is InChI=1S/C21H23N5O5/c1-13-3-2-8-25(10-13)19(28)11-26-18(27)7-5-15(23-26)21-22-20(24-31-21)14-4-6-16-17(9-14)30-12-29-16/h4,6,9,13H,2-3,5,7-8,10-12H2,1H3/t13-/m0/s1. The van der Waals surface area contributed by atoms with Crippen LogP contribution in [-0.2, 0) is 9.59 Å². The van der Waals surface area contributed by atoms with Crippen molar-refractivity contribution in [2.24, 2.45) is 11.0 Å². The normalized spacial score (nSPS) is 20.7. The highest BCUT2D eigenvalue weighted by atomic mass is 16.7. The summed E-state index contributed by atoms with van der Waals surface area (Å²) in [6.45, 7) is 3.70. The van der Waals surface area contributed by atoms with E-state index in [2.05, 4.69) is 22.2 Å². The second kappa shape index (κ2) is 8.01. The number of carbonyl (C=O) groups excluding carboxylic acids is 2. The van der Waals surface area contributed by atoms with E-state index in [1.165, 1.54) is 5.01 Å². The van der Waals surface area contributed by atoms with Crippen molar-refractivity contribution in [1.82, 2.24) is 20.0 Å². The van der Waals surface area contributed by atoms with Crippen LogP contribution in [0, 0.1) is 5.92 Å². The summed E-state index contributed by atoms with van der Waals surface area (Å²) in [4.78, 5) is 31.3. The lowest BCUT2D eigenvalue weighted by Crippen LogP contribution is -2.45. The molecule has 4 heterocycles. The number of rotatable bonds is 4. The lowest BCUT2D eigenvalue weighted by molar-refractivity contribution is -0.141. The molecule has 1 atom stereocenters. The molecular formula is C21H23N5O5. The van der Waals surface area contributed by atoms with Gasteiger partial charge in [0.25, 0.3) is 5.89 Å². The van der Waals surface area contributed by atoms with Crippen LogP contribution in [0.25, 0.3) is 11.4 Å². The van der Waals surface area contributed by atoms with Gasteiger partial charge in [0.05, 0.1) is 0 Å². The van der Waals surface area contributed by atoms with Crippen molar-refractivity contribution >= 4 is 17.5 Å². The van der Waals surface area contributed by atoms with Gasteiger partial charge in [-0.3, -0.25) is 9.59 Å². The number of hydrogen-bond donors (Lipinski definition) is 0. The van der Waals surface area contributed by atoms with Crippen molar-refractivity contribution in [3.8, 4) is 22.9 Å². The van der Waals surface area contributed by atoms with E-state index in [9.17, 15) is 9.59 Å². The van der Waals surface area contributed by atoms with Crippen LogP contribution in [0.5, 0.6) is 11.5 Å². The minimum absolute atomic E-state index is 0.0712. The maximum absolute atomic E-state index is 12.7. The molecule has 10 heteroatoms. The Morgan fingerprint density at radius 1 is 1.23 bits per heavy atom. The first-order chi connectivity index (χ1) is 15.1. The number of nitrogens with zero attached hydrogens (tertiary/aromatic N) is 5. The van der Waals surface area contributed by atoms with Gasteiger partial charge in [0.2, 0.25) is 24.4 Å². The van der Waals surface area contributed by atoms with E-state index in [1.54, 1.807) is 12.1 Å². The minimum Gasteiger partial charge on any atom is -0.454 e. The number of amides is 2. The van der Waals surface area contributed by atoms with Crippen molar-refractivity contribution < 1.29 is 23.6 Å². The molecule has 0 spiro atoms. The molecular weight excluding hydrogens is 402 g/mol. The average molecular weight is 425 g/mol. The summed E-state index contributed by atoms with van der Waals surface area (Å²) in [7, 11) is 0. The molecule has 3 aliphatic heterocycles. The second-order valence-electron chi connectivity index (χ2n) is 8.08. The van der Waals surface area contributed by atoms with Crippen molar-refractivity contribution in [3.63, 3.8) is 0 Å². The number of hydrogen-bond acceptors (Lipinski definition) is 8. The van der Waals surface area contributed by atoms with Crippen LogP contribution in [0.1, 0.15) is 38.5 Å². The van der Waals surface area contributed by atoms with Gasteiger partial charge < -0.3 is 18.9 Å². The highest BCUT2D eigenvalue weighted by molar-refractivity contribution is 6.01. The lowest BCUT2D eigenvalue weighted by atomic mass is 10.0. The van der Waals surface area contributed by atoms with Crippen LogP contribution in [0.4, 0.5) is 0 Å². The van der Waals surface area contributed by atoms with Crippen LogP contribution in [0.2, 0.25) is 0 Å². The summed E-state index contributed by atoms with van der Waals surface area (Å²) in [5.41, 5.74) is 1.22. The molecule has 162 valence electrons. The molecule has 0 aliphatic carbocycles. The molecule has 0 saturated carbocycles. The predicted molar refractivity (Wildman–Crippen MR) is 108 cm³/mol. The molecule has 0 bridgehead atoms. The highest BCUT2D eigenvalue weighted by Gasteiger charge is 2.29. The topological polar surface area (TPSA) is 110 Å². The number of carbonyl (C=O) groups is 2. The predicted octanol–water partition coefficient (Wildman–Crippen LogP) is 2.05. The third-order valence-electron chi connectivity index (χ3n) is 5.70. The first-order valence-corrected chi connectivity index (χ1v) is 10.5. The van der Waals surface area contributed by atoms with Gasteiger partial charge in [-0.05, 0) is 37.0 Å². The zero-order valence-electron chi connectivity index (χ0n) is 17.2. The van der Waals surface area contributed by atoms with Gasteiger partial charge in [-0.1, -0.05) is 12.1 Å². The largest absolute Gasteiger partial charge is 0.454 e. The van der Waals surface area contributed by atoms with E-state index in [0.717, 1.165) is 31.5 Å². The second-order valence-corrected chi connectivity index (χ2v) is 8.08. The summed E-state index contributed by atoms with van der Waals surface area (Å²) < 4.78 is 16.1. The Morgan fingerprint density at radius 2 is 2.10 bits per heavy atom. The number of fused-ring (bicyclic) bond motifs is 1. The average Bonchev–Trinajstić information content (AvgIpc) is 3.44. The number of benzene rings is 1. The van der Waals surface area contributed by atoms with E-state index in [4.69, 9.17) is 14.0 Å². The quantitative estimate of drug-likeness (QED) is 0.737. The van der Waals surface area contributed by atoms with Crippen LogP contribution in [0.3, 0.4) is 0 Å². The van der Waals surface area contributed by atoms with Crippen molar-refractivity contribution in [3.05, 3.63) is 24.1 Å². The fraction of sp³-hybridized carbons (Fsp3) is 0.476. The lowest BCUT2D eigenvalue weighted by Gasteiger charge is -2.32. The first kappa shape index (κ1) is 19.5. The SMILES string of the molecule is C[C@H]1CCCN(C(=O)CN2N=C(c3nc(-c4ccc5c(c4)OCO5)no3)CCC2=O)C1. The molecule has 31 heavy (non-hydrogen) atoms. The fourth-order valence-corrected chi connectivity index (χ4v) is 4.02. The van der Waals surface area contributed by atoms with Gasteiger partial charge in [0.1, 0.15) is 12.3 Å². The molecule has 5 rings (SSSR count). The molecule has 1 aromatic heterocycles. The third-order valence-corrected chi connectivity index (χ3v) is 5.70. The molecule has 2 amide bonds. The number of ether oxygens (including phenoxy) is 2. The first-order valence-electron chi connectivity index (χ1n) is 10.5. The Kier molecular flexibility index (Phi) is 5.05. The molecule has 1 saturated heterocycles. The van der Waals surface area contributed by atoms with E-state index < -0.39 is 0 Å². The maximum Gasteiger partial charge on any atom is 0.274 e. The Morgan fingerprint density at radius 3 is 2.97 bits per heavy atom. The molecule has 2 aromatic rings. The summed E-state index contributed by atoms with van der Waals surface area (Å²) in [6.07, 6.45) is 2.73. The van der Waals surface area contributed by atoms with Gasteiger partial charge in [-0.2, -0.15) is 10.1 Å². The molecule has 1 aromatic carbocycles. The molecule has 1 fully saturated rings. The van der Waals surface area contributed by atoms with Gasteiger partial charge in [-0.25, -0.2) is 5.01 Å². The molecule has 3 aliphatic rings. The van der Waals surface area contributed by atoms with E-state index in [0.29, 0.717) is 35.4 Å². The van der Waals surface area contributed by atoms with Crippen LogP contribution < -0.4 is 9.47 Å². The Bertz CT molecular complexity index is 1050. The molecule has 0 unspecified atom stereocenters. The van der Waals surface area contributed by atoms with Crippen molar-refractivity contribution in [1.29, 1.82) is 0 Å². The van der Waals surface area contributed by atoms with Crippen LogP contribution in [0.15, 0.2) is 27.8 Å². The molecule has 0 N–H and O–H groups in total. The van der Waals surface area contributed by atoms with Crippen molar-refractivity contribution in [2.45, 2.75) is 32.6 Å². The van der Waals surface area contributed by atoms with Gasteiger partial charge in [0.15, 0.2) is 11.5 Å². The van der Waals surface area contributed by atoms with Gasteiger partial charge in [0, 0.05) is 31.5 Å². The minimum atomic E-state index is -0.183. The Hall–Kier alpha value is -3.43.